The Kier molecular flexibility index (Phi) is 3.19. The summed E-state index contributed by atoms with van der Waals surface area (Å²) in [5, 5.41) is 2.21. The fraction of sp³-hybridized carbons (Fsp3) is 0.800. The molecule has 0 atom stereocenters. The predicted molar refractivity (Wildman–Crippen MR) is 31.3 cm³/mol. The van der Waals surface area contributed by atoms with Crippen LogP contribution in [0.4, 0.5) is 0 Å². The Hall–Kier alpha value is -0.610. The van der Waals surface area contributed by atoms with Gasteiger partial charge in [-0.2, -0.15) is 0 Å². The van der Waals surface area contributed by atoms with Gasteiger partial charge in [0, 0.05) is 21.1 Å². The quantitative estimate of drug-likeness (QED) is 0.418. The molecule has 0 rings (SSSR count). The van der Waals surface area contributed by atoms with Crippen molar-refractivity contribution in [2.45, 2.75) is 12.8 Å². The standard InChI is InChI=1S/C5H10NO3/c1-5(8-2,9-3)6-4-7/h1-3H3,(H,6,7). The molecular formula is C5H10NO3. The zero-order valence-electron chi connectivity index (χ0n) is 5.72. The first kappa shape index (κ1) is 8.39. The van der Waals surface area contributed by atoms with Crippen LogP contribution < -0.4 is 5.32 Å². The van der Waals surface area contributed by atoms with Gasteiger partial charge in [0.1, 0.15) is 0 Å². The average molecular weight is 132 g/mol. The van der Waals surface area contributed by atoms with Gasteiger partial charge >= 0.3 is 6.41 Å². The summed E-state index contributed by atoms with van der Waals surface area (Å²) in [7, 11) is 2.85. The van der Waals surface area contributed by atoms with Gasteiger partial charge in [-0.15, -0.1) is 0 Å². The Morgan fingerprint density at radius 3 is 2.00 bits per heavy atom. The number of hydrogen-bond donors (Lipinski definition) is 1. The van der Waals surface area contributed by atoms with Crippen molar-refractivity contribution in [2.24, 2.45) is 0 Å². The van der Waals surface area contributed by atoms with Crippen LogP contribution in [-0.2, 0) is 14.3 Å². The molecule has 1 N–H and O–H groups in total. The SMILES string of the molecule is COC(C)(N[C]=O)OC. The first-order valence-corrected chi connectivity index (χ1v) is 2.43. The molecule has 0 saturated heterocycles. The molecule has 0 aromatic rings. The zero-order valence-corrected chi connectivity index (χ0v) is 5.72. The van der Waals surface area contributed by atoms with Crippen molar-refractivity contribution < 1.29 is 14.3 Å². The fourth-order valence-electron chi connectivity index (χ4n) is 0.278. The van der Waals surface area contributed by atoms with Crippen LogP contribution in [0.1, 0.15) is 6.92 Å². The topological polar surface area (TPSA) is 47.6 Å². The van der Waals surface area contributed by atoms with Crippen LogP contribution in [0.5, 0.6) is 0 Å². The number of rotatable bonds is 4. The van der Waals surface area contributed by atoms with E-state index in [4.69, 9.17) is 9.47 Å². The first-order valence-electron chi connectivity index (χ1n) is 2.43. The third-order valence-electron chi connectivity index (χ3n) is 1.06. The van der Waals surface area contributed by atoms with Crippen LogP contribution in [0.3, 0.4) is 0 Å². The molecule has 0 aliphatic carbocycles. The summed E-state index contributed by atoms with van der Waals surface area (Å²) in [6.45, 7) is 1.57. The van der Waals surface area contributed by atoms with Gasteiger partial charge in [-0.3, -0.25) is 10.1 Å². The molecule has 0 aliphatic heterocycles. The van der Waals surface area contributed by atoms with E-state index in [9.17, 15) is 4.79 Å². The minimum Gasteiger partial charge on any atom is -0.336 e. The molecule has 1 radical (unpaired) electrons. The van der Waals surface area contributed by atoms with Gasteiger partial charge in [-0.1, -0.05) is 0 Å². The van der Waals surface area contributed by atoms with E-state index >= 15 is 0 Å². The maximum atomic E-state index is 9.74. The van der Waals surface area contributed by atoms with Gasteiger partial charge in [0.25, 0.3) is 0 Å². The van der Waals surface area contributed by atoms with Crippen molar-refractivity contribution in [3.8, 4) is 0 Å². The highest BCUT2D eigenvalue weighted by atomic mass is 16.7. The molecule has 0 heterocycles. The monoisotopic (exact) mass is 132 g/mol. The van der Waals surface area contributed by atoms with Crippen molar-refractivity contribution in [1.29, 1.82) is 0 Å². The van der Waals surface area contributed by atoms with Crippen molar-refractivity contribution >= 4 is 6.41 Å². The maximum absolute atomic E-state index is 9.74. The number of methoxy groups -OCH3 is 2. The van der Waals surface area contributed by atoms with Gasteiger partial charge in [-0.25, -0.2) is 0 Å². The highest BCUT2D eigenvalue weighted by molar-refractivity contribution is 5.47. The van der Waals surface area contributed by atoms with Crippen molar-refractivity contribution in [3.63, 3.8) is 0 Å². The van der Waals surface area contributed by atoms with Gasteiger partial charge in [0.05, 0.1) is 0 Å². The minimum absolute atomic E-state index is 1.04. The van der Waals surface area contributed by atoms with Gasteiger partial charge in [0.15, 0.2) is 0 Å². The molecule has 53 valence electrons. The van der Waals surface area contributed by atoms with E-state index in [1.165, 1.54) is 20.6 Å². The zero-order chi connectivity index (χ0) is 7.33. The number of hydrogen-bond acceptors (Lipinski definition) is 3. The Balaban J connectivity index is 3.75. The largest absolute Gasteiger partial charge is 0.336 e. The molecule has 4 nitrogen and oxygen atoms in total. The summed E-state index contributed by atoms with van der Waals surface area (Å²) in [5.41, 5.74) is 0. The van der Waals surface area contributed by atoms with Crippen molar-refractivity contribution in [2.75, 3.05) is 14.2 Å². The lowest BCUT2D eigenvalue weighted by Gasteiger charge is -2.23. The van der Waals surface area contributed by atoms with Gasteiger partial charge < -0.3 is 9.47 Å². The van der Waals surface area contributed by atoms with Gasteiger partial charge in [0.2, 0.25) is 5.91 Å². The Morgan fingerprint density at radius 1 is 1.44 bits per heavy atom. The summed E-state index contributed by atoms with van der Waals surface area (Å²) in [6, 6.07) is 0. The molecular weight excluding hydrogens is 122 g/mol. The van der Waals surface area contributed by atoms with E-state index in [0.717, 1.165) is 0 Å². The Bertz CT molecular complexity index is 90.2. The number of amides is 1. The number of carbonyl (C=O) groups excluding carboxylic acids is 1. The highest BCUT2D eigenvalue weighted by Gasteiger charge is 2.20. The van der Waals surface area contributed by atoms with Crippen LogP contribution >= 0.6 is 0 Å². The number of nitrogens with one attached hydrogen (secondary N) is 1. The summed E-state index contributed by atoms with van der Waals surface area (Å²) in [6.07, 6.45) is 1.46. The molecule has 0 fully saturated rings. The second kappa shape index (κ2) is 3.42. The summed E-state index contributed by atoms with van der Waals surface area (Å²) in [4.78, 5) is 9.74. The lowest BCUT2D eigenvalue weighted by atomic mass is 10.5. The normalized spacial score (nSPS) is 11.0. The van der Waals surface area contributed by atoms with E-state index < -0.39 is 5.91 Å². The average Bonchev–Trinajstić information content (AvgIpc) is 1.89. The second-order valence-corrected chi connectivity index (χ2v) is 1.58. The summed E-state index contributed by atoms with van der Waals surface area (Å²) < 4.78 is 9.46. The third-order valence-corrected chi connectivity index (χ3v) is 1.06. The van der Waals surface area contributed by atoms with Crippen LogP contribution in [0.25, 0.3) is 0 Å². The third kappa shape index (κ3) is 2.43. The molecule has 0 spiro atoms. The van der Waals surface area contributed by atoms with Crippen LogP contribution in [0.15, 0.2) is 0 Å². The van der Waals surface area contributed by atoms with E-state index in [2.05, 4.69) is 5.32 Å². The fourth-order valence-corrected chi connectivity index (χ4v) is 0.278. The maximum Gasteiger partial charge on any atom is 0.313 e. The lowest BCUT2D eigenvalue weighted by molar-refractivity contribution is -0.203. The second-order valence-electron chi connectivity index (χ2n) is 1.58. The van der Waals surface area contributed by atoms with E-state index in [-0.39, 0.29) is 0 Å². The minimum atomic E-state index is -1.04. The van der Waals surface area contributed by atoms with E-state index in [1.54, 1.807) is 6.92 Å². The Labute approximate surface area is 54.1 Å². The first-order chi connectivity index (χ1) is 4.18. The predicted octanol–water partition coefficient (Wildman–Crippen LogP) is -0.390. The van der Waals surface area contributed by atoms with Gasteiger partial charge in [-0.05, 0) is 0 Å². The molecule has 0 aromatic carbocycles. The van der Waals surface area contributed by atoms with E-state index in [1.807, 2.05) is 0 Å². The van der Waals surface area contributed by atoms with Crippen LogP contribution in [-0.4, -0.2) is 26.5 Å². The molecule has 0 aliphatic rings. The molecule has 4 heteroatoms. The molecule has 0 aromatic heterocycles. The highest BCUT2D eigenvalue weighted by Crippen LogP contribution is 2.01. The van der Waals surface area contributed by atoms with Crippen LogP contribution in [0, 0.1) is 0 Å². The molecule has 1 amide bonds. The lowest BCUT2D eigenvalue weighted by Crippen LogP contribution is -2.44. The van der Waals surface area contributed by atoms with Crippen molar-refractivity contribution in [3.05, 3.63) is 0 Å². The molecule has 0 unspecified atom stereocenters. The molecule has 0 saturated carbocycles. The Morgan fingerprint density at radius 2 is 1.89 bits per heavy atom. The smallest absolute Gasteiger partial charge is 0.313 e. The number of ether oxygens (including phenoxy) is 2. The summed E-state index contributed by atoms with van der Waals surface area (Å²) in [5.74, 6) is -1.04. The van der Waals surface area contributed by atoms with Crippen LogP contribution in [0.2, 0.25) is 0 Å². The molecule has 0 bridgehead atoms. The van der Waals surface area contributed by atoms with E-state index in [0.29, 0.717) is 0 Å². The summed E-state index contributed by atoms with van der Waals surface area (Å²) >= 11 is 0. The molecule has 9 heavy (non-hydrogen) atoms. The van der Waals surface area contributed by atoms with Crippen molar-refractivity contribution in [1.82, 2.24) is 5.32 Å².